The number of carbonyl (C=O) groups excluding carboxylic acids is 2. The van der Waals surface area contributed by atoms with E-state index in [2.05, 4.69) is 11.2 Å². The molecule has 0 unspecified atom stereocenters. The molecule has 0 saturated heterocycles. The molecule has 0 radical (unpaired) electrons. The Hall–Kier alpha value is -2.48. The topological polar surface area (TPSA) is 55.4 Å². The molecule has 0 saturated carbocycles. The summed E-state index contributed by atoms with van der Waals surface area (Å²) >= 11 is 12.1. The van der Waals surface area contributed by atoms with Gasteiger partial charge in [0, 0.05) is 12.0 Å². The summed E-state index contributed by atoms with van der Waals surface area (Å²) in [6.07, 6.45) is 5.56. The van der Waals surface area contributed by atoms with Crippen LogP contribution in [0.15, 0.2) is 42.5 Å². The van der Waals surface area contributed by atoms with Crippen LogP contribution in [0.2, 0.25) is 10.0 Å². The van der Waals surface area contributed by atoms with E-state index in [1.807, 2.05) is 0 Å². The fourth-order valence-corrected chi connectivity index (χ4v) is 2.82. The van der Waals surface area contributed by atoms with Crippen molar-refractivity contribution in [2.45, 2.75) is 12.5 Å². The molecule has 2 aromatic carbocycles. The summed E-state index contributed by atoms with van der Waals surface area (Å²) in [4.78, 5) is 24.5. The van der Waals surface area contributed by atoms with Crippen molar-refractivity contribution in [2.75, 3.05) is 7.11 Å². The summed E-state index contributed by atoms with van der Waals surface area (Å²) in [5.41, 5.74) is 1.66. The van der Waals surface area contributed by atoms with E-state index in [0.717, 1.165) is 11.1 Å². The van der Waals surface area contributed by atoms with Gasteiger partial charge in [0.2, 0.25) is 0 Å². The normalized spacial score (nSPS) is 11.3. The van der Waals surface area contributed by atoms with Gasteiger partial charge in [0.15, 0.2) is 0 Å². The van der Waals surface area contributed by atoms with Gasteiger partial charge in [-0.25, -0.2) is 4.79 Å². The Morgan fingerprint density at radius 3 is 2.28 bits per heavy atom. The Labute approximate surface area is 156 Å². The van der Waals surface area contributed by atoms with Crippen LogP contribution in [0, 0.1) is 12.3 Å². The van der Waals surface area contributed by atoms with E-state index in [1.165, 1.54) is 7.11 Å². The molecule has 0 bridgehead atoms. The van der Waals surface area contributed by atoms with E-state index in [-0.39, 0.29) is 22.0 Å². The first-order chi connectivity index (χ1) is 12.0. The molecule has 0 aliphatic heterocycles. The standard InChI is InChI=1S/C19H15Cl2NO3/c1-3-12-7-9-13(10-8-12)11-16(19(24)25-2)22-18(23)17-14(20)5-4-6-15(17)21/h1,4-10,16H,11H2,2H3,(H,22,23)/t16-/m0/s1. The summed E-state index contributed by atoms with van der Waals surface area (Å²) in [5.74, 6) is 1.40. The van der Waals surface area contributed by atoms with Gasteiger partial charge in [0.05, 0.1) is 22.7 Å². The van der Waals surface area contributed by atoms with Crippen molar-refractivity contribution in [3.8, 4) is 12.3 Å². The molecule has 0 heterocycles. The number of rotatable bonds is 5. The fourth-order valence-electron chi connectivity index (χ4n) is 2.25. The van der Waals surface area contributed by atoms with Crippen LogP contribution in [0.1, 0.15) is 21.5 Å². The number of carbonyl (C=O) groups is 2. The average molecular weight is 376 g/mol. The van der Waals surface area contributed by atoms with Gasteiger partial charge >= 0.3 is 5.97 Å². The lowest BCUT2D eigenvalue weighted by molar-refractivity contribution is -0.142. The van der Waals surface area contributed by atoms with Crippen molar-refractivity contribution in [1.29, 1.82) is 0 Å². The second kappa shape index (κ2) is 8.57. The first-order valence-corrected chi connectivity index (χ1v) is 8.10. The van der Waals surface area contributed by atoms with Crippen LogP contribution in [0.3, 0.4) is 0 Å². The van der Waals surface area contributed by atoms with E-state index in [1.54, 1.807) is 42.5 Å². The third-order valence-corrected chi connectivity index (χ3v) is 4.17. The Balaban J connectivity index is 2.21. The number of benzene rings is 2. The van der Waals surface area contributed by atoms with Crippen molar-refractivity contribution in [2.24, 2.45) is 0 Å². The molecule has 0 aliphatic rings. The quantitative estimate of drug-likeness (QED) is 0.642. The van der Waals surface area contributed by atoms with Crippen LogP contribution in [-0.4, -0.2) is 25.0 Å². The predicted octanol–water partition coefficient (Wildman–Crippen LogP) is 3.49. The molecule has 1 amide bonds. The second-order valence-electron chi connectivity index (χ2n) is 5.19. The first kappa shape index (κ1) is 18.9. The summed E-state index contributed by atoms with van der Waals surface area (Å²) in [5, 5.41) is 3.02. The van der Waals surface area contributed by atoms with E-state index in [0.29, 0.717) is 0 Å². The van der Waals surface area contributed by atoms with Crippen molar-refractivity contribution < 1.29 is 14.3 Å². The van der Waals surface area contributed by atoms with Crippen molar-refractivity contribution in [3.05, 3.63) is 69.2 Å². The van der Waals surface area contributed by atoms with Crippen molar-refractivity contribution >= 4 is 35.1 Å². The zero-order valence-corrected chi connectivity index (χ0v) is 14.9. The molecule has 6 heteroatoms. The van der Waals surface area contributed by atoms with Gasteiger partial charge in [-0.3, -0.25) is 4.79 Å². The third kappa shape index (κ3) is 4.76. The minimum atomic E-state index is -0.887. The molecule has 0 aromatic heterocycles. The number of nitrogens with one attached hydrogen (secondary N) is 1. The molecule has 1 N–H and O–H groups in total. The Morgan fingerprint density at radius 2 is 1.76 bits per heavy atom. The average Bonchev–Trinajstić information content (AvgIpc) is 2.61. The number of hydrogen-bond donors (Lipinski definition) is 1. The smallest absolute Gasteiger partial charge is 0.328 e. The van der Waals surface area contributed by atoms with Gasteiger partial charge in [-0.15, -0.1) is 6.42 Å². The van der Waals surface area contributed by atoms with Crippen LogP contribution in [-0.2, 0) is 16.0 Å². The Bertz CT molecular complexity index is 805. The molecular weight excluding hydrogens is 361 g/mol. The van der Waals surface area contributed by atoms with Gasteiger partial charge in [-0.2, -0.15) is 0 Å². The SMILES string of the molecule is C#Cc1ccc(C[C@H](NC(=O)c2c(Cl)cccc2Cl)C(=O)OC)cc1. The zero-order chi connectivity index (χ0) is 18.4. The monoisotopic (exact) mass is 375 g/mol. The van der Waals surface area contributed by atoms with Gasteiger partial charge in [-0.1, -0.05) is 47.3 Å². The maximum absolute atomic E-state index is 12.5. The van der Waals surface area contributed by atoms with Gasteiger partial charge in [0.1, 0.15) is 6.04 Å². The zero-order valence-electron chi connectivity index (χ0n) is 13.4. The van der Waals surface area contributed by atoms with Crippen LogP contribution < -0.4 is 5.32 Å². The number of halogens is 2. The van der Waals surface area contributed by atoms with Crippen LogP contribution in [0.25, 0.3) is 0 Å². The number of hydrogen-bond acceptors (Lipinski definition) is 3. The lowest BCUT2D eigenvalue weighted by Crippen LogP contribution is -2.43. The molecular formula is C19H15Cl2NO3. The van der Waals surface area contributed by atoms with E-state index in [4.69, 9.17) is 34.4 Å². The molecule has 2 aromatic rings. The van der Waals surface area contributed by atoms with E-state index >= 15 is 0 Å². The Morgan fingerprint density at radius 1 is 1.16 bits per heavy atom. The lowest BCUT2D eigenvalue weighted by Gasteiger charge is -2.17. The highest BCUT2D eigenvalue weighted by Crippen LogP contribution is 2.24. The molecule has 128 valence electrons. The number of methoxy groups -OCH3 is 1. The maximum atomic E-state index is 12.5. The number of terminal acetylenes is 1. The highest BCUT2D eigenvalue weighted by atomic mass is 35.5. The summed E-state index contributed by atoms with van der Waals surface area (Å²) in [6, 6.07) is 10.9. The molecule has 1 atom stereocenters. The van der Waals surface area contributed by atoms with Crippen LogP contribution in [0.4, 0.5) is 0 Å². The minimum absolute atomic E-state index is 0.113. The summed E-state index contributed by atoms with van der Waals surface area (Å²) in [6.45, 7) is 0. The minimum Gasteiger partial charge on any atom is -0.467 e. The molecule has 25 heavy (non-hydrogen) atoms. The molecule has 0 fully saturated rings. The van der Waals surface area contributed by atoms with Gasteiger partial charge < -0.3 is 10.1 Å². The van der Waals surface area contributed by atoms with Gasteiger partial charge in [0.25, 0.3) is 5.91 Å². The molecule has 0 spiro atoms. The summed E-state index contributed by atoms with van der Waals surface area (Å²) < 4.78 is 4.77. The van der Waals surface area contributed by atoms with E-state index < -0.39 is 17.9 Å². The van der Waals surface area contributed by atoms with Crippen molar-refractivity contribution in [1.82, 2.24) is 5.32 Å². The maximum Gasteiger partial charge on any atom is 0.328 e. The summed E-state index contributed by atoms with van der Waals surface area (Å²) in [7, 11) is 1.26. The second-order valence-corrected chi connectivity index (χ2v) is 6.01. The highest BCUT2D eigenvalue weighted by molar-refractivity contribution is 6.39. The van der Waals surface area contributed by atoms with Crippen molar-refractivity contribution in [3.63, 3.8) is 0 Å². The number of amides is 1. The van der Waals surface area contributed by atoms with Crippen LogP contribution in [0.5, 0.6) is 0 Å². The molecule has 0 aliphatic carbocycles. The lowest BCUT2D eigenvalue weighted by atomic mass is 10.0. The largest absolute Gasteiger partial charge is 0.467 e. The van der Waals surface area contributed by atoms with Gasteiger partial charge in [-0.05, 0) is 29.8 Å². The highest BCUT2D eigenvalue weighted by Gasteiger charge is 2.24. The predicted molar refractivity (Wildman–Crippen MR) is 97.8 cm³/mol. The molecule has 4 nitrogen and oxygen atoms in total. The number of esters is 1. The fraction of sp³-hybridized carbons (Fsp3) is 0.158. The number of ether oxygens (including phenoxy) is 1. The Kier molecular flexibility index (Phi) is 6.46. The van der Waals surface area contributed by atoms with E-state index in [9.17, 15) is 9.59 Å². The molecule has 2 rings (SSSR count). The van der Waals surface area contributed by atoms with Crippen LogP contribution >= 0.6 is 23.2 Å². The first-order valence-electron chi connectivity index (χ1n) is 7.34. The third-order valence-electron chi connectivity index (χ3n) is 3.54.